The number of amides is 2. The minimum atomic E-state index is -0.0972. The molecule has 10 heteroatoms. The predicted octanol–water partition coefficient (Wildman–Crippen LogP) is 3.00. The van der Waals surface area contributed by atoms with Crippen LogP contribution in [-0.4, -0.2) is 63.5 Å². The van der Waals surface area contributed by atoms with E-state index >= 15 is 0 Å². The fraction of sp³-hybridized carbons (Fsp3) is 0.429. The summed E-state index contributed by atoms with van der Waals surface area (Å²) in [4.78, 5) is 51.6. The summed E-state index contributed by atoms with van der Waals surface area (Å²) in [6.07, 6.45) is 4.26. The average molecular weight is 475 g/mol. The third-order valence-corrected chi connectivity index (χ3v) is 8.69. The minimum Gasteiger partial charge on any atom is -0.338 e. The van der Waals surface area contributed by atoms with Gasteiger partial charge in [0, 0.05) is 31.1 Å². The van der Waals surface area contributed by atoms with Crippen LogP contribution in [0.5, 0.6) is 0 Å². The van der Waals surface area contributed by atoms with E-state index in [9.17, 15) is 14.4 Å². The molecule has 2 aliphatic rings. The summed E-state index contributed by atoms with van der Waals surface area (Å²) in [7, 11) is 0. The average Bonchev–Trinajstić information content (AvgIpc) is 3.45. The van der Waals surface area contributed by atoms with Crippen molar-refractivity contribution in [2.75, 3.05) is 31.9 Å². The molecule has 0 radical (unpaired) electrons. The molecule has 3 aromatic rings. The lowest BCUT2D eigenvalue weighted by molar-refractivity contribution is -0.129. The first kappa shape index (κ1) is 20.7. The molecule has 0 saturated carbocycles. The minimum absolute atomic E-state index is 0.00134. The summed E-state index contributed by atoms with van der Waals surface area (Å²) in [5.74, 6) is 0.255. The van der Waals surface area contributed by atoms with Crippen molar-refractivity contribution in [3.05, 3.63) is 43.2 Å². The number of hydrogen-bond donors (Lipinski definition) is 1. The Kier molecular flexibility index (Phi) is 5.85. The lowest BCUT2D eigenvalue weighted by atomic mass is 9.97. The number of hydrogen-bond acceptors (Lipinski definition) is 7. The molecule has 1 saturated heterocycles. The second-order valence-corrected chi connectivity index (χ2v) is 10.7. The van der Waals surface area contributed by atoms with Crippen LogP contribution in [0.4, 0.5) is 0 Å². The van der Waals surface area contributed by atoms with Crippen LogP contribution in [0.15, 0.2) is 27.5 Å². The summed E-state index contributed by atoms with van der Waals surface area (Å²) < 4.78 is 0. The summed E-state index contributed by atoms with van der Waals surface area (Å²) in [6.45, 7) is 2.12. The second kappa shape index (κ2) is 8.76. The molecule has 0 bridgehead atoms. The Bertz CT molecular complexity index is 1180. The molecule has 2 amide bonds. The summed E-state index contributed by atoms with van der Waals surface area (Å²) in [6, 6.07) is 3.70. The van der Waals surface area contributed by atoms with E-state index < -0.39 is 0 Å². The first-order chi connectivity index (χ1) is 15.1. The van der Waals surface area contributed by atoms with Crippen LogP contribution in [0.1, 0.15) is 33.0 Å². The number of thioether (sulfide) groups is 1. The Hall–Kier alpha value is -2.17. The van der Waals surface area contributed by atoms with Gasteiger partial charge in [-0.2, -0.15) is 0 Å². The van der Waals surface area contributed by atoms with Crippen molar-refractivity contribution in [2.45, 2.75) is 30.8 Å². The number of thiophene rings is 2. The highest BCUT2D eigenvalue weighted by atomic mass is 32.2. The molecule has 0 spiro atoms. The van der Waals surface area contributed by atoms with Crippen LogP contribution in [0.3, 0.4) is 0 Å². The molecule has 1 aliphatic carbocycles. The van der Waals surface area contributed by atoms with Gasteiger partial charge in [-0.1, -0.05) is 17.8 Å². The van der Waals surface area contributed by atoms with Gasteiger partial charge in [0.25, 0.3) is 11.5 Å². The van der Waals surface area contributed by atoms with Gasteiger partial charge in [-0.05, 0) is 42.7 Å². The quantitative estimate of drug-likeness (QED) is 0.464. The molecule has 1 fully saturated rings. The van der Waals surface area contributed by atoms with Gasteiger partial charge in [0.15, 0.2) is 5.16 Å². The zero-order chi connectivity index (χ0) is 21.4. The Morgan fingerprint density at radius 2 is 1.90 bits per heavy atom. The van der Waals surface area contributed by atoms with Gasteiger partial charge >= 0.3 is 0 Å². The molecule has 0 unspecified atom stereocenters. The summed E-state index contributed by atoms with van der Waals surface area (Å²) in [5.41, 5.74) is 1.07. The maximum absolute atomic E-state index is 12.7. The van der Waals surface area contributed by atoms with Crippen molar-refractivity contribution in [1.29, 1.82) is 0 Å². The van der Waals surface area contributed by atoms with Gasteiger partial charge in [-0.15, -0.1) is 22.7 Å². The second-order valence-electron chi connectivity index (χ2n) is 7.70. The molecule has 1 aliphatic heterocycles. The van der Waals surface area contributed by atoms with E-state index in [1.54, 1.807) is 21.1 Å². The largest absolute Gasteiger partial charge is 0.338 e. The molecule has 31 heavy (non-hydrogen) atoms. The monoisotopic (exact) mass is 474 g/mol. The van der Waals surface area contributed by atoms with E-state index in [0.717, 1.165) is 34.4 Å². The zero-order valence-electron chi connectivity index (χ0n) is 16.9. The molecule has 0 atom stereocenters. The van der Waals surface area contributed by atoms with Crippen LogP contribution in [0, 0.1) is 0 Å². The number of aromatic amines is 1. The van der Waals surface area contributed by atoms with Crippen molar-refractivity contribution < 1.29 is 9.59 Å². The normalized spacial score (nSPS) is 16.5. The summed E-state index contributed by atoms with van der Waals surface area (Å²) >= 11 is 4.33. The lowest BCUT2D eigenvalue weighted by Gasteiger charge is -2.34. The van der Waals surface area contributed by atoms with Gasteiger partial charge in [-0.3, -0.25) is 14.4 Å². The number of H-pyrrole nitrogens is 1. The number of aromatic nitrogens is 2. The molecule has 162 valence electrons. The highest BCUT2D eigenvalue weighted by molar-refractivity contribution is 7.99. The van der Waals surface area contributed by atoms with Gasteiger partial charge in [0.05, 0.1) is 16.0 Å². The number of nitrogens with one attached hydrogen (secondary N) is 1. The maximum Gasteiger partial charge on any atom is 0.264 e. The highest BCUT2D eigenvalue weighted by Gasteiger charge is 2.26. The van der Waals surface area contributed by atoms with Gasteiger partial charge in [-0.25, -0.2) is 4.98 Å². The fourth-order valence-corrected chi connectivity index (χ4v) is 6.92. The number of aryl methyl sites for hydroxylation is 2. The molecular weight excluding hydrogens is 452 g/mol. The Morgan fingerprint density at radius 3 is 2.68 bits per heavy atom. The van der Waals surface area contributed by atoms with Crippen molar-refractivity contribution in [2.24, 2.45) is 0 Å². The Labute approximate surface area is 191 Å². The van der Waals surface area contributed by atoms with Crippen molar-refractivity contribution in [1.82, 2.24) is 19.8 Å². The maximum atomic E-state index is 12.7. The standard InChI is InChI=1S/C21H22N4O3S3/c26-16(24-7-9-25(10-8-24)20(28)15-6-3-11-29-15)12-30-21-22-18(27)17-13-4-1-2-5-14(13)31-19(17)23-21/h3,6,11H,1-2,4-5,7-10,12H2,(H,22,23,27). The van der Waals surface area contributed by atoms with Gasteiger partial charge in [0.1, 0.15) is 4.83 Å². The Morgan fingerprint density at radius 1 is 1.13 bits per heavy atom. The van der Waals surface area contributed by atoms with Crippen molar-refractivity contribution in [3.8, 4) is 0 Å². The van der Waals surface area contributed by atoms with Crippen LogP contribution >= 0.6 is 34.4 Å². The molecule has 3 aromatic heterocycles. The number of carbonyl (C=O) groups is 2. The topological polar surface area (TPSA) is 86.4 Å². The first-order valence-electron chi connectivity index (χ1n) is 10.4. The van der Waals surface area contributed by atoms with E-state index in [1.807, 2.05) is 17.5 Å². The van der Waals surface area contributed by atoms with E-state index in [-0.39, 0.29) is 23.1 Å². The molecule has 5 rings (SSSR count). The smallest absolute Gasteiger partial charge is 0.264 e. The van der Waals surface area contributed by atoms with Crippen molar-refractivity contribution >= 4 is 56.5 Å². The predicted molar refractivity (Wildman–Crippen MR) is 124 cm³/mol. The van der Waals surface area contributed by atoms with E-state index in [2.05, 4.69) is 9.97 Å². The third kappa shape index (κ3) is 4.16. The van der Waals surface area contributed by atoms with Crippen molar-refractivity contribution in [3.63, 3.8) is 0 Å². The molecule has 4 heterocycles. The first-order valence-corrected chi connectivity index (χ1v) is 13.1. The fourth-order valence-electron chi connectivity index (χ4n) is 4.15. The van der Waals surface area contributed by atoms with Crippen LogP contribution in [0.2, 0.25) is 0 Å². The van der Waals surface area contributed by atoms with E-state index in [4.69, 9.17) is 0 Å². The van der Waals surface area contributed by atoms with E-state index in [1.165, 1.54) is 40.0 Å². The van der Waals surface area contributed by atoms with Crippen LogP contribution in [-0.2, 0) is 17.6 Å². The number of nitrogens with zero attached hydrogens (tertiary/aromatic N) is 3. The zero-order valence-corrected chi connectivity index (χ0v) is 19.3. The van der Waals surface area contributed by atoms with Crippen LogP contribution < -0.4 is 5.56 Å². The number of carbonyl (C=O) groups excluding carboxylic acids is 2. The van der Waals surface area contributed by atoms with Gasteiger partial charge < -0.3 is 14.8 Å². The molecule has 1 N–H and O–H groups in total. The third-order valence-electron chi connectivity index (χ3n) is 5.79. The van der Waals surface area contributed by atoms with E-state index in [0.29, 0.717) is 31.3 Å². The number of rotatable bonds is 4. The number of piperazine rings is 1. The lowest BCUT2D eigenvalue weighted by Crippen LogP contribution is -2.51. The summed E-state index contributed by atoms with van der Waals surface area (Å²) in [5, 5.41) is 3.13. The Balaban J connectivity index is 1.20. The molecular formula is C21H22N4O3S3. The number of fused-ring (bicyclic) bond motifs is 3. The SMILES string of the molecule is O=C(CSc1nc2sc3c(c2c(=O)[nH]1)CCCC3)N1CCN(C(=O)c2cccs2)CC1. The van der Waals surface area contributed by atoms with Gasteiger partial charge in [0.2, 0.25) is 5.91 Å². The molecule has 0 aromatic carbocycles. The molecule has 7 nitrogen and oxygen atoms in total. The van der Waals surface area contributed by atoms with Crippen LogP contribution in [0.25, 0.3) is 10.2 Å². The highest BCUT2D eigenvalue weighted by Crippen LogP contribution is 2.34.